The van der Waals surface area contributed by atoms with Gasteiger partial charge < -0.3 is 5.32 Å². The molecule has 0 bridgehead atoms. The number of hydrogen-bond donors (Lipinski definition) is 1. The summed E-state index contributed by atoms with van der Waals surface area (Å²) in [4.78, 5) is 16.7. The molecule has 0 spiro atoms. The third kappa shape index (κ3) is 4.90. The molecule has 8 heteroatoms. The van der Waals surface area contributed by atoms with Gasteiger partial charge in [-0.3, -0.25) is 9.78 Å². The van der Waals surface area contributed by atoms with E-state index in [0.717, 1.165) is 18.5 Å². The molecule has 28 heavy (non-hydrogen) atoms. The monoisotopic (exact) mass is 421 g/mol. The van der Waals surface area contributed by atoms with Crippen LogP contribution in [-0.4, -0.2) is 43.2 Å². The molecule has 1 aliphatic heterocycles. The van der Waals surface area contributed by atoms with Crippen molar-refractivity contribution in [3.8, 4) is 0 Å². The second-order valence-corrected chi connectivity index (χ2v) is 9.40. The molecular weight excluding hydrogens is 398 g/mol. The lowest BCUT2D eigenvalue weighted by Gasteiger charge is -2.30. The van der Waals surface area contributed by atoms with E-state index in [1.54, 1.807) is 6.20 Å². The third-order valence-electron chi connectivity index (χ3n) is 4.82. The van der Waals surface area contributed by atoms with Gasteiger partial charge in [-0.15, -0.1) is 0 Å². The zero-order valence-electron chi connectivity index (χ0n) is 15.8. The molecule has 150 valence electrons. The summed E-state index contributed by atoms with van der Waals surface area (Å²) in [5.41, 5.74) is 1.15. The minimum Gasteiger partial charge on any atom is -0.352 e. The quantitative estimate of drug-likeness (QED) is 0.777. The minimum absolute atomic E-state index is 0.0133. The highest BCUT2D eigenvalue weighted by Crippen LogP contribution is 2.29. The molecule has 0 radical (unpaired) electrons. The van der Waals surface area contributed by atoms with Gasteiger partial charge in [0.25, 0.3) is 5.91 Å². The Labute approximate surface area is 171 Å². The first-order valence-corrected chi connectivity index (χ1v) is 11.2. The summed E-state index contributed by atoms with van der Waals surface area (Å²) < 4.78 is 27.5. The van der Waals surface area contributed by atoms with Crippen LogP contribution in [0, 0.1) is 5.92 Å². The SMILES string of the molecule is CC1CCCN(S(=O)(=O)c2cc(C(=O)NCCc3ccccn3)ccc2Cl)C1. The van der Waals surface area contributed by atoms with Crippen LogP contribution in [0.2, 0.25) is 5.02 Å². The number of nitrogens with zero attached hydrogens (tertiary/aromatic N) is 2. The van der Waals surface area contributed by atoms with Gasteiger partial charge in [-0.25, -0.2) is 8.42 Å². The molecule has 1 unspecified atom stereocenters. The number of nitrogens with one attached hydrogen (secondary N) is 1. The van der Waals surface area contributed by atoms with E-state index >= 15 is 0 Å². The summed E-state index contributed by atoms with van der Waals surface area (Å²) in [6, 6.07) is 9.99. The highest BCUT2D eigenvalue weighted by atomic mass is 35.5. The van der Waals surface area contributed by atoms with E-state index in [0.29, 0.717) is 32.0 Å². The van der Waals surface area contributed by atoms with Crippen LogP contribution in [-0.2, 0) is 16.4 Å². The van der Waals surface area contributed by atoms with Crippen molar-refractivity contribution in [3.63, 3.8) is 0 Å². The highest BCUT2D eigenvalue weighted by molar-refractivity contribution is 7.89. The summed E-state index contributed by atoms with van der Waals surface area (Å²) >= 11 is 6.18. The standard InChI is InChI=1S/C20H24ClN3O3S/c1-15-5-4-12-24(14-15)28(26,27)19-13-16(7-8-18(19)21)20(25)23-11-9-17-6-2-3-10-22-17/h2-3,6-8,10,13,15H,4-5,9,11-12,14H2,1H3,(H,23,25). The Kier molecular flexibility index (Phi) is 6.69. The maximum absolute atomic E-state index is 13.0. The van der Waals surface area contributed by atoms with Crippen LogP contribution in [0.5, 0.6) is 0 Å². The van der Waals surface area contributed by atoms with Gasteiger partial charge in [-0.1, -0.05) is 24.6 Å². The van der Waals surface area contributed by atoms with Gasteiger partial charge in [0, 0.05) is 43.5 Å². The number of aromatic nitrogens is 1. The fraction of sp³-hybridized carbons (Fsp3) is 0.400. The smallest absolute Gasteiger partial charge is 0.251 e. The van der Waals surface area contributed by atoms with Crippen molar-refractivity contribution < 1.29 is 13.2 Å². The van der Waals surface area contributed by atoms with E-state index in [1.807, 2.05) is 25.1 Å². The largest absolute Gasteiger partial charge is 0.352 e. The fourth-order valence-corrected chi connectivity index (χ4v) is 5.40. The Morgan fingerprint density at radius 1 is 1.32 bits per heavy atom. The van der Waals surface area contributed by atoms with Crippen LogP contribution in [0.25, 0.3) is 0 Å². The first-order chi connectivity index (χ1) is 13.4. The number of pyridine rings is 1. The zero-order chi connectivity index (χ0) is 20.1. The minimum atomic E-state index is -3.73. The normalized spacial score (nSPS) is 18.0. The Bertz CT molecular complexity index is 935. The maximum atomic E-state index is 13.0. The van der Waals surface area contributed by atoms with E-state index in [4.69, 9.17) is 11.6 Å². The molecule has 2 aromatic rings. The molecule has 1 aromatic carbocycles. The van der Waals surface area contributed by atoms with Gasteiger partial charge in [-0.2, -0.15) is 4.31 Å². The number of benzene rings is 1. The van der Waals surface area contributed by atoms with Crippen LogP contribution in [0.1, 0.15) is 35.8 Å². The third-order valence-corrected chi connectivity index (χ3v) is 7.17. The molecule has 2 heterocycles. The molecular formula is C20H24ClN3O3S. The van der Waals surface area contributed by atoms with Crippen LogP contribution >= 0.6 is 11.6 Å². The average Bonchev–Trinajstić information content (AvgIpc) is 2.69. The first-order valence-electron chi connectivity index (χ1n) is 9.36. The Morgan fingerprint density at radius 2 is 2.14 bits per heavy atom. The second-order valence-electron chi connectivity index (χ2n) is 7.08. The van der Waals surface area contributed by atoms with Crippen LogP contribution in [0.4, 0.5) is 0 Å². The molecule has 6 nitrogen and oxygen atoms in total. The van der Waals surface area contributed by atoms with Crippen LogP contribution < -0.4 is 5.32 Å². The highest BCUT2D eigenvalue weighted by Gasteiger charge is 2.30. The molecule has 1 N–H and O–H groups in total. The number of amides is 1. The molecule has 1 aliphatic rings. The van der Waals surface area contributed by atoms with Gasteiger partial charge in [0.2, 0.25) is 10.0 Å². The van der Waals surface area contributed by atoms with Crippen LogP contribution in [0.15, 0.2) is 47.5 Å². The predicted molar refractivity (Wildman–Crippen MR) is 109 cm³/mol. The average molecular weight is 422 g/mol. The van der Waals surface area contributed by atoms with Crippen LogP contribution in [0.3, 0.4) is 0 Å². The molecule has 0 saturated carbocycles. The number of sulfonamides is 1. The number of carbonyl (C=O) groups excluding carboxylic acids is 1. The van der Waals surface area contributed by atoms with Crippen molar-refractivity contribution in [2.45, 2.75) is 31.1 Å². The maximum Gasteiger partial charge on any atom is 0.251 e. The first kappa shape index (κ1) is 20.8. The van der Waals surface area contributed by atoms with Gasteiger partial charge in [0.15, 0.2) is 0 Å². The summed E-state index contributed by atoms with van der Waals surface area (Å²) in [6.45, 7) is 3.39. The van der Waals surface area contributed by atoms with E-state index in [1.165, 1.54) is 22.5 Å². The number of rotatable bonds is 6. The Morgan fingerprint density at radius 3 is 2.86 bits per heavy atom. The van der Waals surface area contributed by atoms with Crippen molar-refractivity contribution in [1.82, 2.24) is 14.6 Å². The molecule has 3 rings (SSSR count). The van der Waals surface area contributed by atoms with Crippen molar-refractivity contribution >= 4 is 27.5 Å². The van der Waals surface area contributed by atoms with Crippen molar-refractivity contribution in [2.75, 3.05) is 19.6 Å². The molecule has 1 amide bonds. The molecule has 0 aliphatic carbocycles. The Hall–Kier alpha value is -1.96. The summed E-state index contributed by atoms with van der Waals surface area (Å²) in [5.74, 6) is -0.0311. The zero-order valence-corrected chi connectivity index (χ0v) is 17.3. The molecule has 1 fully saturated rings. The van der Waals surface area contributed by atoms with Gasteiger partial charge in [-0.05, 0) is 49.1 Å². The van der Waals surface area contributed by atoms with Gasteiger partial charge in [0.1, 0.15) is 4.90 Å². The van der Waals surface area contributed by atoms with Gasteiger partial charge >= 0.3 is 0 Å². The van der Waals surface area contributed by atoms with E-state index in [-0.39, 0.29) is 21.4 Å². The number of piperidine rings is 1. The van der Waals surface area contributed by atoms with Crippen molar-refractivity contribution in [1.29, 1.82) is 0 Å². The number of halogens is 1. The van der Waals surface area contributed by atoms with Gasteiger partial charge in [0.05, 0.1) is 5.02 Å². The predicted octanol–water partition coefficient (Wildman–Crippen LogP) is 3.13. The summed E-state index contributed by atoms with van der Waals surface area (Å²) in [6.07, 6.45) is 4.14. The molecule has 1 saturated heterocycles. The lowest BCUT2D eigenvalue weighted by molar-refractivity contribution is 0.0954. The van der Waals surface area contributed by atoms with E-state index in [2.05, 4.69) is 10.3 Å². The van der Waals surface area contributed by atoms with E-state index < -0.39 is 10.0 Å². The van der Waals surface area contributed by atoms with E-state index in [9.17, 15) is 13.2 Å². The lowest BCUT2D eigenvalue weighted by atomic mass is 10.0. The molecule has 1 aromatic heterocycles. The number of carbonyl (C=O) groups is 1. The summed E-state index contributed by atoms with van der Waals surface area (Å²) in [5, 5.41) is 2.93. The summed E-state index contributed by atoms with van der Waals surface area (Å²) in [7, 11) is -3.73. The Balaban J connectivity index is 1.72. The molecule has 1 atom stereocenters. The number of hydrogen-bond acceptors (Lipinski definition) is 4. The van der Waals surface area contributed by atoms with Crippen molar-refractivity contribution in [3.05, 3.63) is 58.9 Å². The topological polar surface area (TPSA) is 79.4 Å². The lowest BCUT2D eigenvalue weighted by Crippen LogP contribution is -2.39. The fourth-order valence-electron chi connectivity index (χ4n) is 3.30. The van der Waals surface area contributed by atoms with Crippen molar-refractivity contribution in [2.24, 2.45) is 5.92 Å². The second kappa shape index (κ2) is 9.03.